The first-order valence-electron chi connectivity index (χ1n) is 1.06. The van der Waals surface area contributed by atoms with Gasteiger partial charge in [0.2, 0.25) is 0 Å². The Balaban J connectivity index is 0. The van der Waals surface area contributed by atoms with Gasteiger partial charge in [-0.15, -0.1) is 13.2 Å². The van der Waals surface area contributed by atoms with Gasteiger partial charge in [0, 0.05) is 0 Å². The Morgan fingerprint density at radius 3 is 1.40 bits per heavy atom. The molecule has 0 aliphatic heterocycles. The molecule has 0 aromatic heterocycles. The largest absolute Gasteiger partial charge is 0.234 e. The Morgan fingerprint density at radius 1 is 1.40 bits per heavy atom. The van der Waals surface area contributed by atoms with E-state index in [2.05, 4.69) is 19.7 Å². The summed E-state index contributed by atoms with van der Waals surface area (Å²) in [6.07, 6.45) is 0. The van der Waals surface area contributed by atoms with Gasteiger partial charge in [0.1, 0.15) is 5.94 Å². The summed E-state index contributed by atoms with van der Waals surface area (Å²) in [5.41, 5.74) is 0. The van der Waals surface area contributed by atoms with Crippen molar-refractivity contribution in [1.29, 1.82) is 0 Å². The van der Waals surface area contributed by atoms with Crippen LogP contribution in [0.2, 0.25) is 0 Å². The quantitative estimate of drug-likeness (QED) is 0.304. The van der Waals surface area contributed by atoms with E-state index in [1.165, 1.54) is 5.94 Å². The molecule has 1 nitrogen and oxygen atoms in total. The van der Waals surface area contributed by atoms with E-state index in [-0.39, 0.29) is 0 Å². The maximum atomic E-state index is 8.57. The van der Waals surface area contributed by atoms with E-state index in [9.17, 15) is 0 Å². The van der Waals surface area contributed by atoms with Crippen LogP contribution < -0.4 is 0 Å². The Kier molecular flexibility index (Phi) is 754. The minimum atomic E-state index is 1.25. The van der Waals surface area contributed by atoms with Crippen LogP contribution in [0.25, 0.3) is 0 Å². The second-order valence-corrected chi connectivity index (χ2v) is 0.144. The van der Waals surface area contributed by atoms with Crippen LogP contribution in [0, 0.1) is 0 Å². The van der Waals surface area contributed by atoms with Crippen LogP contribution in [0.1, 0.15) is 0 Å². The van der Waals surface area contributed by atoms with Crippen LogP contribution in [0.4, 0.5) is 0 Å². The number of carbonyl (C=O) groups excluding carboxylic acids is 1. The summed E-state index contributed by atoms with van der Waals surface area (Å²) in [6.45, 7) is 8.68. The Morgan fingerprint density at radius 2 is 1.40 bits per heavy atom. The lowest BCUT2D eigenvalue weighted by atomic mass is 11.2. The van der Waals surface area contributed by atoms with E-state index in [0.717, 1.165) is 0 Å². The Labute approximate surface area is 31.6 Å². The van der Waals surface area contributed by atoms with Crippen LogP contribution >= 0.6 is 0 Å². The van der Waals surface area contributed by atoms with Gasteiger partial charge in [-0.3, -0.25) is 0 Å². The molecule has 0 aliphatic carbocycles. The number of rotatable bonds is 0. The first-order valence-corrected chi connectivity index (χ1v) is 1.06. The highest BCUT2D eigenvalue weighted by molar-refractivity contribution is 5.38. The van der Waals surface area contributed by atoms with Crippen LogP contribution in [0.15, 0.2) is 19.7 Å². The topological polar surface area (TPSA) is 17.1 Å². The normalized spacial score (nSPS) is 2.40. The minimum Gasteiger partial charge on any atom is -0.234 e. The van der Waals surface area contributed by atoms with Crippen molar-refractivity contribution in [3.8, 4) is 0 Å². The fourth-order valence-corrected chi connectivity index (χ4v) is 0. The second kappa shape index (κ2) is 424. The molecule has 0 heterocycles. The second-order valence-electron chi connectivity index (χ2n) is 0.144. The maximum absolute atomic E-state index is 8.57. The molecule has 0 amide bonds. The average Bonchev–Trinajstić information content (AvgIpc) is 1.46. The summed E-state index contributed by atoms with van der Waals surface area (Å²) < 4.78 is 0. The first kappa shape index (κ1) is 8.89. The number of hydrogen-bond acceptors (Lipinski definition) is 1. The highest BCUT2D eigenvalue weighted by Crippen LogP contribution is 0.894. The molecule has 1 heteroatoms. The van der Waals surface area contributed by atoms with Crippen LogP contribution in [-0.2, 0) is 4.79 Å². The third-order valence-electron chi connectivity index (χ3n) is 0. The number of hydrogen-bond donors (Lipinski definition) is 0. The van der Waals surface area contributed by atoms with Gasteiger partial charge in [0.15, 0.2) is 0 Å². The average molecular weight is 70.1 g/mol. The van der Waals surface area contributed by atoms with E-state index in [0.29, 0.717) is 0 Å². The van der Waals surface area contributed by atoms with E-state index < -0.39 is 0 Å². The van der Waals surface area contributed by atoms with Crippen molar-refractivity contribution in [2.24, 2.45) is 0 Å². The summed E-state index contributed by atoms with van der Waals surface area (Å²) in [5, 5.41) is 0. The Hall–Kier alpha value is -0.810. The van der Waals surface area contributed by atoms with Crippen molar-refractivity contribution < 1.29 is 4.79 Å². The molecule has 0 saturated heterocycles. The molecule has 0 bridgehead atoms. The van der Waals surface area contributed by atoms with Crippen LogP contribution in [0.5, 0.6) is 0 Å². The highest BCUT2D eigenvalue weighted by atomic mass is 16.1. The fraction of sp³-hybridized carbons (Fsp3) is 0. The predicted molar refractivity (Wildman–Crippen MR) is 22.6 cm³/mol. The summed E-state index contributed by atoms with van der Waals surface area (Å²) in [6, 6.07) is 0. The van der Waals surface area contributed by atoms with Gasteiger partial charge in [-0.05, 0) is 6.58 Å². The molecule has 0 atom stereocenters. The molecule has 0 rings (SSSR count). The van der Waals surface area contributed by atoms with Crippen molar-refractivity contribution in [2.75, 3.05) is 0 Å². The summed E-state index contributed by atoms with van der Waals surface area (Å²) in [4.78, 5) is 8.57. The zero-order chi connectivity index (χ0) is 4.71. The van der Waals surface area contributed by atoms with Gasteiger partial charge < -0.3 is 0 Å². The molecular formula is C4H6O. The smallest absolute Gasteiger partial charge is 0.116 e. The van der Waals surface area contributed by atoms with Crippen molar-refractivity contribution in [3.63, 3.8) is 0 Å². The molecule has 0 unspecified atom stereocenters. The first-order chi connectivity index (χ1) is 2.41. The molecule has 0 aliphatic rings. The van der Waals surface area contributed by atoms with Gasteiger partial charge in [0.25, 0.3) is 0 Å². The van der Waals surface area contributed by atoms with Gasteiger partial charge >= 0.3 is 0 Å². The van der Waals surface area contributed by atoms with Crippen LogP contribution in [0.3, 0.4) is 0 Å². The zero-order valence-corrected chi connectivity index (χ0v) is 3.03. The van der Waals surface area contributed by atoms with E-state index in [1.54, 1.807) is 0 Å². The minimum absolute atomic E-state index is 1.25. The van der Waals surface area contributed by atoms with Crippen molar-refractivity contribution in [1.82, 2.24) is 0 Å². The third-order valence-corrected chi connectivity index (χ3v) is 0. The van der Waals surface area contributed by atoms with Crippen LogP contribution in [-0.4, -0.2) is 5.94 Å². The van der Waals surface area contributed by atoms with Gasteiger partial charge in [-0.2, -0.15) is 0 Å². The van der Waals surface area contributed by atoms with Gasteiger partial charge in [0.05, 0.1) is 0 Å². The molecule has 0 spiro atoms. The van der Waals surface area contributed by atoms with Crippen molar-refractivity contribution >= 4 is 5.94 Å². The van der Waals surface area contributed by atoms with E-state index in [1.807, 2.05) is 0 Å². The van der Waals surface area contributed by atoms with Crippen molar-refractivity contribution in [3.05, 3.63) is 19.7 Å². The zero-order valence-electron chi connectivity index (χ0n) is 3.03. The molecule has 0 saturated carbocycles. The monoisotopic (exact) mass is 70.0 g/mol. The van der Waals surface area contributed by atoms with E-state index in [4.69, 9.17) is 4.79 Å². The van der Waals surface area contributed by atoms with Gasteiger partial charge in [-0.1, -0.05) is 0 Å². The van der Waals surface area contributed by atoms with Crippen molar-refractivity contribution in [2.45, 2.75) is 0 Å². The lowest BCUT2D eigenvalue weighted by Gasteiger charge is -1.02. The molecular weight excluding hydrogens is 64.0 g/mol. The summed E-state index contributed by atoms with van der Waals surface area (Å²) in [7, 11) is 0. The fourth-order valence-electron chi connectivity index (χ4n) is 0. The molecule has 0 radical (unpaired) electrons. The molecule has 0 aromatic rings. The van der Waals surface area contributed by atoms with Gasteiger partial charge in [-0.25, -0.2) is 4.79 Å². The molecule has 0 N–H and O–H groups in total. The lowest BCUT2D eigenvalue weighted by Crippen LogP contribution is -1.15. The molecule has 0 aromatic carbocycles. The molecule has 28 valence electrons. The standard InChI is InChI=1S/C2H2O.C2H4/c1-2-3;1-2/h1H2;1-2H2. The Bertz CT molecular complexity index is 32.9. The predicted octanol–water partition coefficient (Wildman–Crippen LogP) is 0.806. The molecule has 5 heavy (non-hydrogen) atoms. The summed E-state index contributed by atoms with van der Waals surface area (Å²) >= 11 is 0. The molecule has 0 fully saturated rings. The third kappa shape index (κ3) is 6.89. The lowest BCUT2D eigenvalue weighted by molar-refractivity contribution is 0.569. The highest BCUT2D eigenvalue weighted by Gasteiger charge is 1.01. The SMILES string of the molecule is C=C.C=C=O. The van der Waals surface area contributed by atoms with E-state index >= 15 is 0 Å². The summed E-state index contributed by atoms with van der Waals surface area (Å²) in [5.74, 6) is 1.25. The maximum Gasteiger partial charge on any atom is 0.116 e.